The summed E-state index contributed by atoms with van der Waals surface area (Å²) < 4.78 is 17.0. The summed E-state index contributed by atoms with van der Waals surface area (Å²) in [6.07, 6.45) is 5.60. The highest BCUT2D eigenvalue weighted by Gasteiger charge is 2.94. The van der Waals surface area contributed by atoms with Gasteiger partial charge in [0.2, 0.25) is 0 Å². The summed E-state index contributed by atoms with van der Waals surface area (Å²) in [5.74, 6) is -0.0358. The average Bonchev–Trinajstić information content (AvgIpc) is 3.18. The molecular weight excluding hydrogens is 320 g/mol. The van der Waals surface area contributed by atoms with Gasteiger partial charge in [-0.2, -0.15) is 0 Å². The van der Waals surface area contributed by atoms with Crippen LogP contribution in [0.5, 0.6) is 0 Å². The molecule has 3 aliphatic carbocycles. The van der Waals surface area contributed by atoms with Crippen molar-refractivity contribution >= 4 is 11.8 Å². The van der Waals surface area contributed by atoms with Crippen molar-refractivity contribution in [1.82, 2.24) is 0 Å². The van der Waals surface area contributed by atoms with Crippen molar-refractivity contribution in [3.8, 4) is 0 Å². The first-order chi connectivity index (χ1) is 11.8. The Bertz CT molecular complexity index is 829. The Morgan fingerprint density at radius 1 is 1.16 bits per heavy atom. The number of fused-ring (bicyclic) bond motifs is 5. The van der Waals surface area contributed by atoms with Crippen LogP contribution in [0.15, 0.2) is 23.0 Å². The van der Waals surface area contributed by atoms with Crippen LogP contribution >= 0.6 is 0 Å². The number of ether oxygens (including phenoxy) is 2. The third-order valence-corrected chi connectivity index (χ3v) is 8.87. The molecule has 1 aromatic rings. The van der Waals surface area contributed by atoms with Crippen LogP contribution < -0.4 is 0 Å². The smallest absolute Gasteiger partial charge is 0.321 e. The van der Waals surface area contributed by atoms with Crippen LogP contribution in [0.3, 0.4) is 0 Å². The first kappa shape index (κ1) is 14.5. The molecule has 1 spiro atoms. The minimum absolute atomic E-state index is 0.0621. The second-order valence-corrected chi connectivity index (χ2v) is 9.31. The summed E-state index contributed by atoms with van der Waals surface area (Å²) in [6.45, 7) is 6.51. The van der Waals surface area contributed by atoms with E-state index in [1.807, 2.05) is 6.07 Å². The van der Waals surface area contributed by atoms with Crippen LogP contribution in [0.2, 0.25) is 0 Å². The molecule has 0 radical (unpaired) electrons. The van der Waals surface area contributed by atoms with Crippen molar-refractivity contribution < 1.29 is 23.5 Å². The molecule has 5 fully saturated rings. The number of hydrogen-bond acceptors (Lipinski definition) is 5. The maximum absolute atomic E-state index is 13.4. The molecule has 0 amide bonds. The van der Waals surface area contributed by atoms with Crippen LogP contribution in [0.25, 0.3) is 0 Å². The van der Waals surface area contributed by atoms with Crippen LogP contribution in [-0.2, 0) is 19.1 Å². The number of cyclic esters (lactones) is 1. The lowest BCUT2D eigenvalue weighted by atomic mass is 9.50. The highest BCUT2D eigenvalue weighted by molar-refractivity contribution is 6.12. The molecule has 3 heterocycles. The van der Waals surface area contributed by atoms with Crippen molar-refractivity contribution in [1.29, 1.82) is 0 Å². The number of carbonyl (C=O) groups excluding carboxylic acids is 2. The number of carbonyl (C=O) groups is 2. The second kappa shape index (κ2) is 3.73. The van der Waals surface area contributed by atoms with E-state index in [0.29, 0.717) is 12.3 Å². The fraction of sp³-hybridized carbons (Fsp3) is 0.700. The number of esters is 1. The van der Waals surface area contributed by atoms with Crippen LogP contribution in [-0.4, -0.2) is 23.5 Å². The van der Waals surface area contributed by atoms with Crippen molar-refractivity contribution in [2.45, 2.75) is 57.8 Å². The van der Waals surface area contributed by atoms with E-state index in [1.54, 1.807) is 12.5 Å². The molecule has 0 bridgehead atoms. The van der Waals surface area contributed by atoms with Crippen LogP contribution in [0, 0.1) is 28.1 Å². The monoisotopic (exact) mass is 342 g/mol. The van der Waals surface area contributed by atoms with Crippen molar-refractivity contribution in [3.63, 3.8) is 0 Å². The molecule has 0 unspecified atom stereocenters. The van der Waals surface area contributed by atoms with E-state index >= 15 is 0 Å². The van der Waals surface area contributed by atoms with Crippen LogP contribution in [0.4, 0.5) is 0 Å². The van der Waals surface area contributed by atoms with E-state index in [9.17, 15) is 9.59 Å². The lowest BCUT2D eigenvalue weighted by molar-refractivity contribution is -0.165. The number of rotatable bonds is 1. The Labute approximate surface area is 146 Å². The quantitative estimate of drug-likeness (QED) is 0.446. The Morgan fingerprint density at radius 2 is 1.96 bits per heavy atom. The van der Waals surface area contributed by atoms with Crippen LogP contribution in [0.1, 0.15) is 51.7 Å². The van der Waals surface area contributed by atoms with Gasteiger partial charge in [-0.1, -0.05) is 13.8 Å². The molecule has 3 saturated carbocycles. The normalized spacial score (nSPS) is 57.9. The van der Waals surface area contributed by atoms with Gasteiger partial charge in [0.1, 0.15) is 11.5 Å². The number of hydrogen-bond donors (Lipinski definition) is 0. The Kier molecular flexibility index (Phi) is 2.17. The van der Waals surface area contributed by atoms with Gasteiger partial charge in [0.25, 0.3) is 0 Å². The van der Waals surface area contributed by atoms with Gasteiger partial charge in [-0.3, -0.25) is 9.59 Å². The number of epoxide rings is 1. The van der Waals surface area contributed by atoms with Gasteiger partial charge >= 0.3 is 5.97 Å². The Hall–Kier alpha value is -1.62. The van der Waals surface area contributed by atoms with E-state index in [2.05, 4.69) is 20.8 Å². The molecule has 0 N–H and O–H groups in total. The Morgan fingerprint density at radius 3 is 2.68 bits per heavy atom. The summed E-state index contributed by atoms with van der Waals surface area (Å²) in [7, 11) is 0. The van der Waals surface area contributed by atoms with E-state index in [-0.39, 0.29) is 46.3 Å². The van der Waals surface area contributed by atoms with Gasteiger partial charge in [0.15, 0.2) is 5.78 Å². The van der Waals surface area contributed by atoms with E-state index in [4.69, 9.17) is 13.9 Å². The van der Waals surface area contributed by atoms with Gasteiger partial charge < -0.3 is 13.9 Å². The van der Waals surface area contributed by atoms with Crippen molar-refractivity contribution in [2.24, 2.45) is 28.1 Å². The summed E-state index contributed by atoms with van der Waals surface area (Å²) in [4.78, 5) is 26.3. The first-order valence-electron chi connectivity index (χ1n) is 9.26. The third-order valence-electron chi connectivity index (χ3n) is 8.87. The highest BCUT2D eigenvalue weighted by atomic mass is 16.6. The molecule has 5 aliphatic rings. The molecule has 132 valence electrons. The molecule has 2 aliphatic heterocycles. The minimum atomic E-state index is -0.947. The molecule has 5 nitrogen and oxygen atoms in total. The lowest BCUT2D eigenvalue weighted by Crippen LogP contribution is -2.56. The topological polar surface area (TPSA) is 69.0 Å². The molecule has 25 heavy (non-hydrogen) atoms. The van der Waals surface area contributed by atoms with Gasteiger partial charge in [-0.05, 0) is 31.7 Å². The van der Waals surface area contributed by atoms with Crippen molar-refractivity contribution in [2.75, 3.05) is 0 Å². The zero-order chi connectivity index (χ0) is 17.4. The maximum Gasteiger partial charge on any atom is 0.321 e. The molecular formula is C20H22O5. The number of Topliss-reactive ketones (excluding diaryl/α,β-unsaturated/α-hetero) is 1. The summed E-state index contributed by atoms with van der Waals surface area (Å²) in [5.41, 5.74) is -0.838. The fourth-order valence-electron chi connectivity index (χ4n) is 7.43. The predicted molar refractivity (Wildman–Crippen MR) is 85.3 cm³/mol. The van der Waals surface area contributed by atoms with E-state index < -0.39 is 5.41 Å². The first-order valence-corrected chi connectivity index (χ1v) is 9.26. The standard InChI is InChI=1S/C20H22O5/c1-17-8-12(21)20-15(14(24-16(20)22)10-6-7-23-9-10)18(20,2)11(17)4-5-13-19(17,3)25-13/h6-7,9,11,13-15H,4-5,8H2,1-3H3/t11-,13+,14+,15-,17+,18-,19+,20+/m0/s1. The molecule has 1 aromatic heterocycles. The van der Waals surface area contributed by atoms with Gasteiger partial charge in [0, 0.05) is 28.7 Å². The van der Waals surface area contributed by atoms with Gasteiger partial charge in [-0.25, -0.2) is 0 Å². The fourth-order valence-corrected chi connectivity index (χ4v) is 7.43. The minimum Gasteiger partial charge on any atom is -0.472 e. The average molecular weight is 342 g/mol. The third kappa shape index (κ3) is 1.19. The summed E-state index contributed by atoms with van der Waals surface area (Å²) >= 11 is 0. The lowest BCUT2D eigenvalue weighted by Gasteiger charge is -2.51. The summed E-state index contributed by atoms with van der Waals surface area (Å²) in [5, 5.41) is 0. The second-order valence-electron chi connectivity index (χ2n) is 9.31. The maximum atomic E-state index is 13.4. The van der Waals surface area contributed by atoms with E-state index in [0.717, 1.165) is 18.4 Å². The predicted octanol–water partition coefficient (Wildman–Crippen LogP) is 3.05. The molecule has 0 aromatic carbocycles. The molecule has 8 atom stereocenters. The Balaban J connectivity index is 1.51. The van der Waals surface area contributed by atoms with Crippen molar-refractivity contribution in [3.05, 3.63) is 24.2 Å². The van der Waals surface area contributed by atoms with Gasteiger partial charge in [0.05, 0.1) is 24.2 Å². The summed E-state index contributed by atoms with van der Waals surface area (Å²) in [6, 6.07) is 1.84. The molecule has 2 saturated heterocycles. The zero-order valence-corrected chi connectivity index (χ0v) is 14.7. The largest absolute Gasteiger partial charge is 0.472 e. The molecule has 6 rings (SSSR count). The van der Waals surface area contributed by atoms with E-state index in [1.165, 1.54) is 0 Å². The molecule has 5 heteroatoms. The zero-order valence-electron chi connectivity index (χ0n) is 14.7. The SMILES string of the molecule is C[C@]12[C@@H]3[C@@H](c4ccoc4)OC(=O)[C@@]31C(=O)C[C@]1(C)[C@@H]2CC[C@H]2O[C@]21C. The number of ketones is 1. The highest BCUT2D eigenvalue weighted by Crippen LogP contribution is 2.88. The van der Waals surface area contributed by atoms with Gasteiger partial charge in [-0.15, -0.1) is 0 Å². The number of furan rings is 1.